The summed E-state index contributed by atoms with van der Waals surface area (Å²) in [6.07, 6.45) is 16.4. The molecule has 2 aromatic carbocycles. The smallest absolute Gasteiger partial charge is 0.134 e. The molecule has 0 amide bonds. The van der Waals surface area contributed by atoms with E-state index >= 15 is 4.39 Å². The topological polar surface area (TPSA) is 9.23 Å². The number of aryl methyl sites for hydroxylation is 1. The Balaban J connectivity index is 1.28. The Bertz CT molecular complexity index is 856. The van der Waals surface area contributed by atoms with Crippen LogP contribution in [0.15, 0.2) is 43.0 Å². The summed E-state index contributed by atoms with van der Waals surface area (Å²) in [6, 6.07) is 9.64. The molecule has 2 aliphatic carbocycles. The summed E-state index contributed by atoms with van der Waals surface area (Å²) in [5.41, 5.74) is 0.868. The Hall–Kier alpha value is -1.83. The molecule has 2 aromatic rings. The largest absolute Gasteiger partial charge is 0.490 e. The fraction of sp³-hybridized carbons (Fsp3) is 0.586. The Morgan fingerprint density at radius 1 is 0.935 bits per heavy atom. The number of halogens is 1. The molecule has 0 saturated heterocycles. The van der Waals surface area contributed by atoms with Gasteiger partial charge in [-0.1, -0.05) is 63.8 Å². The summed E-state index contributed by atoms with van der Waals surface area (Å²) in [5.74, 6) is 4.43. The van der Waals surface area contributed by atoms with E-state index in [-0.39, 0.29) is 5.82 Å². The monoisotopic (exact) mass is 422 g/mol. The van der Waals surface area contributed by atoms with Crippen molar-refractivity contribution in [3.63, 3.8) is 0 Å². The second kappa shape index (κ2) is 10.7. The molecule has 168 valence electrons. The number of benzene rings is 2. The standard InChI is InChI=1S/C29H39FO/c1-3-19-31-27-17-18-28-26(20-27)16-15-25(29(28)30)14-9-22-7-12-24(13-8-22)23-10-5-21(4-2)6-11-23/h3,15-18,20-24H,1,4-14,19H2,2H3. The van der Waals surface area contributed by atoms with Crippen molar-refractivity contribution < 1.29 is 9.13 Å². The first-order valence-electron chi connectivity index (χ1n) is 12.6. The highest BCUT2D eigenvalue weighted by Crippen LogP contribution is 2.42. The molecule has 4 rings (SSSR count). The van der Waals surface area contributed by atoms with Crippen LogP contribution in [0.5, 0.6) is 5.75 Å². The van der Waals surface area contributed by atoms with Crippen LogP contribution in [0, 0.1) is 29.5 Å². The van der Waals surface area contributed by atoms with E-state index in [1.54, 1.807) is 6.08 Å². The van der Waals surface area contributed by atoms with Crippen molar-refractivity contribution in [2.75, 3.05) is 6.61 Å². The van der Waals surface area contributed by atoms with E-state index < -0.39 is 0 Å². The highest BCUT2D eigenvalue weighted by molar-refractivity contribution is 5.85. The van der Waals surface area contributed by atoms with Crippen LogP contribution in [0.1, 0.15) is 76.7 Å². The van der Waals surface area contributed by atoms with Crippen molar-refractivity contribution in [1.82, 2.24) is 0 Å². The number of fused-ring (bicyclic) bond motifs is 1. The van der Waals surface area contributed by atoms with Gasteiger partial charge in [0.15, 0.2) is 0 Å². The Labute approximate surface area is 188 Å². The van der Waals surface area contributed by atoms with Gasteiger partial charge in [-0.25, -0.2) is 4.39 Å². The first-order valence-corrected chi connectivity index (χ1v) is 12.6. The average molecular weight is 423 g/mol. The first-order chi connectivity index (χ1) is 15.2. The molecular formula is C29H39FO. The average Bonchev–Trinajstić information content (AvgIpc) is 2.82. The molecule has 0 radical (unpaired) electrons. The third-order valence-corrected chi connectivity index (χ3v) is 8.22. The van der Waals surface area contributed by atoms with Crippen molar-refractivity contribution in [1.29, 1.82) is 0 Å². The van der Waals surface area contributed by atoms with E-state index in [9.17, 15) is 0 Å². The van der Waals surface area contributed by atoms with Crippen LogP contribution in [0.3, 0.4) is 0 Å². The zero-order valence-electron chi connectivity index (χ0n) is 19.3. The van der Waals surface area contributed by atoms with Crippen molar-refractivity contribution >= 4 is 10.8 Å². The summed E-state index contributed by atoms with van der Waals surface area (Å²) >= 11 is 0. The van der Waals surface area contributed by atoms with Gasteiger partial charge < -0.3 is 4.74 Å². The van der Waals surface area contributed by atoms with E-state index in [0.717, 1.165) is 53.2 Å². The zero-order valence-corrected chi connectivity index (χ0v) is 19.3. The molecule has 0 heterocycles. The van der Waals surface area contributed by atoms with Crippen molar-refractivity contribution in [3.05, 3.63) is 54.4 Å². The molecule has 2 fully saturated rings. The molecule has 0 atom stereocenters. The molecule has 0 aliphatic heterocycles. The molecule has 1 nitrogen and oxygen atoms in total. The number of hydrogen-bond donors (Lipinski definition) is 0. The van der Waals surface area contributed by atoms with E-state index in [1.807, 2.05) is 30.3 Å². The quantitative estimate of drug-likeness (QED) is 0.387. The Morgan fingerprint density at radius 2 is 1.61 bits per heavy atom. The minimum Gasteiger partial charge on any atom is -0.490 e. The lowest BCUT2D eigenvalue weighted by molar-refractivity contribution is 0.142. The van der Waals surface area contributed by atoms with Gasteiger partial charge in [0.05, 0.1) is 0 Å². The minimum atomic E-state index is -0.0471. The van der Waals surface area contributed by atoms with Gasteiger partial charge >= 0.3 is 0 Å². The highest BCUT2D eigenvalue weighted by atomic mass is 19.1. The lowest BCUT2D eigenvalue weighted by Gasteiger charge is -2.37. The molecular weight excluding hydrogens is 383 g/mol. The normalized spacial score (nSPS) is 26.6. The molecule has 0 N–H and O–H groups in total. The van der Waals surface area contributed by atoms with Crippen LogP contribution in [0.25, 0.3) is 10.8 Å². The maximum Gasteiger partial charge on any atom is 0.134 e. The second-order valence-electron chi connectivity index (χ2n) is 10.0. The van der Waals surface area contributed by atoms with Crippen LogP contribution >= 0.6 is 0 Å². The maximum atomic E-state index is 15.1. The highest BCUT2D eigenvalue weighted by Gasteiger charge is 2.30. The molecule has 2 saturated carbocycles. The maximum absolute atomic E-state index is 15.1. The summed E-state index contributed by atoms with van der Waals surface area (Å²) in [7, 11) is 0. The molecule has 0 spiro atoms. The van der Waals surface area contributed by atoms with Gasteiger partial charge in [0.2, 0.25) is 0 Å². The molecule has 0 unspecified atom stereocenters. The van der Waals surface area contributed by atoms with Crippen LogP contribution in [0.2, 0.25) is 0 Å². The van der Waals surface area contributed by atoms with Gasteiger partial charge in [-0.05, 0) is 91.3 Å². The summed E-state index contributed by atoms with van der Waals surface area (Å²) in [4.78, 5) is 0. The molecule has 2 aliphatic rings. The predicted molar refractivity (Wildman–Crippen MR) is 129 cm³/mol. The number of hydrogen-bond acceptors (Lipinski definition) is 1. The molecule has 0 bridgehead atoms. The van der Waals surface area contributed by atoms with Gasteiger partial charge in [0, 0.05) is 5.39 Å². The van der Waals surface area contributed by atoms with Crippen LogP contribution < -0.4 is 4.74 Å². The van der Waals surface area contributed by atoms with E-state index in [0.29, 0.717) is 12.0 Å². The van der Waals surface area contributed by atoms with Crippen molar-refractivity contribution in [2.45, 2.75) is 77.6 Å². The van der Waals surface area contributed by atoms with E-state index in [4.69, 9.17) is 4.74 Å². The first kappa shape index (κ1) is 22.4. The van der Waals surface area contributed by atoms with Gasteiger partial charge in [0.1, 0.15) is 18.2 Å². The summed E-state index contributed by atoms with van der Waals surface area (Å²) in [6.45, 7) is 6.49. The van der Waals surface area contributed by atoms with Crippen LogP contribution in [-0.4, -0.2) is 6.61 Å². The second-order valence-corrected chi connectivity index (χ2v) is 10.0. The summed E-state index contributed by atoms with van der Waals surface area (Å²) in [5, 5.41) is 1.61. The zero-order chi connectivity index (χ0) is 21.6. The van der Waals surface area contributed by atoms with Crippen LogP contribution in [-0.2, 0) is 6.42 Å². The molecule has 0 aromatic heterocycles. The summed E-state index contributed by atoms with van der Waals surface area (Å²) < 4.78 is 20.7. The third-order valence-electron chi connectivity index (χ3n) is 8.22. The van der Waals surface area contributed by atoms with Gasteiger partial charge in [-0.3, -0.25) is 0 Å². The third kappa shape index (κ3) is 5.51. The number of ether oxygens (including phenoxy) is 1. The van der Waals surface area contributed by atoms with Gasteiger partial charge in [-0.2, -0.15) is 0 Å². The molecule has 2 heteroatoms. The van der Waals surface area contributed by atoms with Gasteiger partial charge in [0.25, 0.3) is 0 Å². The van der Waals surface area contributed by atoms with Gasteiger partial charge in [-0.15, -0.1) is 0 Å². The minimum absolute atomic E-state index is 0.0471. The van der Waals surface area contributed by atoms with Crippen molar-refractivity contribution in [2.24, 2.45) is 23.7 Å². The fourth-order valence-corrected chi connectivity index (χ4v) is 6.13. The number of rotatable bonds is 8. The predicted octanol–water partition coefficient (Wildman–Crippen LogP) is 8.50. The fourth-order valence-electron chi connectivity index (χ4n) is 6.13. The lowest BCUT2D eigenvalue weighted by Crippen LogP contribution is -2.25. The van der Waals surface area contributed by atoms with Crippen molar-refractivity contribution in [3.8, 4) is 5.75 Å². The SMILES string of the molecule is C=CCOc1ccc2c(F)c(CCC3CCC(C4CCC(CC)CC4)CC3)ccc2c1. The Morgan fingerprint density at radius 3 is 2.26 bits per heavy atom. The van der Waals surface area contributed by atoms with Crippen LogP contribution in [0.4, 0.5) is 4.39 Å². The van der Waals surface area contributed by atoms with E-state index in [2.05, 4.69) is 13.5 Å². The van der Waals surface area contributed by atoms with E-state index in [1.165, 1.54) is 57.8 Å². The Kier molecular flexibility index (Phi) is 7.69. The molecule has 31 heavy (non-hydrogen) atoms. The lowest BCUT2D eigenvalue weighted by atomic mass is 9.68.